The van der Waals surface area contributed by atoms with E-state index in [4.69, 9.17) is 19.3 Å². The van der Waals surface area contributed by atoms with Gasteiger partial charge in [0.1, 0.15) is 11.4 Å². The van der Waals surface area contributed by atoms with E-state index in [0.29, 0.717) is 28.6 Å². The summed E-state index contributed by atoms with van der Waals surface area (Å²) in [5.74, 6) is 0.829. The number of carbonyl (C=O) groups excluding carboxylic acids is 1. The number of furan rings is 2. The number of aryl methyl sites for hydroxylation is 1. The van der Waals surface area contributed by atoms with Gasteiger partial charge >= 0.3 is 0 Å². The quantitative estimate of drug-likeness (QED) is 0.535. The molecule has 7 nitrogen and oxygen atoms in total. The Bertz CT molecular complexity index is 1220. The maximum absolute atomic E-state index is 12.9. The molecular weight excluding hydrogens is 370 g/mol. The van der Waals surface area contributed by atoms with Gasteiger partial charge in [0, 0.05) is 0 Å². The first-order chi connectivity index (χ1) is 14.2. The van der Waals surface area contributed by atoms with Gasteiger partial charge in [-0.2, -0.15) is 0 Å². The lowest BCUT2D eigenvalue weighted by Crippen LogP contribution is -2.13. The molecule has 29 heavy (non-hydrogen) atoms. The summed E-state index contributed by atoms with van der Waals surface area (Å²) in [6.45, 7) is 0. The Morgan fingerprint density at radius 3 is 2.79 bits per heavy atom. The number of ether oxygens (including phenoxy) is 1. The van der Waals surface area contributed by atoms with E-state index in [9.17, 15) is 4.79 Å². The first-order valence-electron chi connectivity index (χ1n) is 9.39. The predicted molar refractivity (Wildman–Crippen MR) is 109 cm³/mol. The van der Waals surface area contributed by atoms with E-state index in [0.717, 1.165) is 41.5 Å². The number of hydrogen-bond acceptors (Lipinski definition) is 6. The Kier molecular flexibility index (Phi) is 4.01. The van der Waals surface area contributed by atoms with Crippen molar-refractivity contribution < 1.29 is 18.4 Å². The monoisotopic (exact) mass is 389 g/mol. The van der Waals surface area contributed by atoms with E-state index in [1.165, 1.54) is 0 Å². The molecule has 1 amide bonds. The number of hydrogen-bond donors (Lipinski definition) is 2. The third-order valence-electron chi connectivity index (χ3n) is 5.26. The maximum Gasteiger partial charge on any atom is 0.293 e. The maximum atomic E-state index is 12.9. The van der Waals surface area contributed by atoms with Gasteiger partial charge in [0.25, 0.3) is 5.91 Å². The number of carbonyl (C=O) groups is 1. The molecule has 3 N–H and O–H groups in total. The summed E-state index contributed by atoms with van der Waals surface area (Å²) >= 11 is 0. The van der Waals surface area contributed by atoms with E-state index in [-0.39, 0.29) is 5.76 Å². The summed E-state index contributed by atoms with van der Waals surface area (Å²) in [6, 6.07) is 10.8. The molecule has 0 atom stereocenters. The molecule has 1 aliphatic rings. The standard InChI is InChI=1S/C22H19N3O4/c1-27-15-9-3-2-8-14(15)24-21(26)20-18(23)17-12-6-4-7-13(12)19(25-22(17)29-20)16-10-5-11-28-16/h2-3,5,8-11H,4,6-7,23H2,1H3,(H,24,26). The molecule has 0 unspecified atom stereocenters. The van der Waals surface area contributed by atoms with Gasteiger partial charge in [-0.05, 0) is 54.7 Å². The van der Waals surface area contributed by atoms with Gasteiger partial charge in [0.15, 0.2) is 5.76 Å². The minimum absolute atomic E-state index is 0.0455. The van der Waals surface area contributed by atoms with Crippen LogP contribution in [0.15, 0.2) is 51.5 Å². The first kappa shape index (κ1) is 17.4. The van der Waals surface area contributed by atoms with Gasteiger partial charge < -0.3 is 24.6 Å². The zero-order valence-corrected chi connectivity index (χ0v) is 15.8. The van der Waals surface area contributed by atoms with Gasteiger partial charge in [-0.3, -0.25) is 4.79 Å². The molecule has 3 aromatic heterocycles. The van der Waals surface area contributed by atoms with E-state index in [2.05, 4.69) is 10.3 Å². The summed E-state index contributed by atoms with van der Waals surface area (Å²) in [4.78, 5) is 17.5. The highest BCUT2D eigenvalue weighted by Gasteiger charge is 2.28. The number of pyridine rings is 1. The number of rotatable bonds is 4. The van der Waals surface area contributed by atoms with Gasteiger partial charge in [0.2, 0.25) is 11.5 Å². The summed E-state index contributed by atoms with van der Waals surface area (Å²) in [6.07, 6.45) is 4.36. The van der Waals surface area contributed by atoms with Crippen LogP contribution in [0, 0.1) is 0 Å². The fourth-order valence-electron chi connectivity index (χ4n) is 3.96. The molecule has 4 aromatic rings. The number of nitrogens with zero attached hydrogens (tertiary/aromatic N) is 1. The highest BCUT2D eigenvalue weighted by molar-refractivity contribution is 6.12. The molecule has 7 heteroatoms. The second-order valence-electron chi connectivity index (χ2n) is 6.93. The highest BCUT2D eigenvalue weighted by Crippen LogP contribution is 2.40. The summed E-state index contributed by atoms with van der Waals surface area (Å²) in [5, 5.41) is 3.53. The Balaban J connectivity index is 1.61. The third kappa shape index (κ3) is 2.74. The fourth-order valence-corrected chi connectivity index (χ4v) is 3.96. The third-order valence-corrected chi connectivity index (χ3v) is 5.26. The number of amides is 1. The molecule has 1 aromatic carbocycles. The molecule has 1 aliphatic carbocycles. The molecular formula is C22H19N3O4. The van der Waals surface area contributed by atoms with Crippen molar-refractivity contribution in [3.8, 4) is 17.2 Å². The van der Waals surface area contributed by atoms with Crippen LogP contribution in [0.3, 0.4) is 0 Å². The molecule has 0 radical (unpaired) electrons. The SMILES string of the molecule is COc1ccccc1NC(=O)c1oc2nc(-c3ccco3)c3c(c2c1N)CCC3. The molecule has 0 fully saturated rings. The molecule has 0 saturated carbocycles. The second-order valence-corrected chi connectivity index (χ2v) is 6.93. The van der Waals surface area contributed by atoms with Crippen LogP contribution in [0.2, 0.25) is 0 Å². The van der Waals surface area contributed by atoms with Gasteiger partial charge in [-0.25, -0.2) is 4.98 Å². The van der Waals surface area contributed by atoms with Crippen molar-refractivity contribution in [1.82, 2.24) is 4.98 Å². The lowest BCUT2D eigenvalue weighted by Gasteiger charge is -2.08. The average molecular weight is 389 g/mol. The van der Waals surface area contributed by atoms with Crippen LogP contribution in [0.5, 0.6) is 5.75 Å². The number of benzene rings is 1. The zero-order chi connectivity index (χ0) is 20.0. The van der Waals surface area contributed by atoms with Crippen LogP contribution in [0.25, 0.3) is 22.6 Å². The lowest BCUT2D eigenvalue weighted by atomic mass is 10.0. The van der Waals surface area contributed by atoms with Crippen molar-refractivity contribution in [2.45, 2.75) is 19.3 Å². The van der Waals surface area contributed by atoms with Gasteiger partial charge in [-0.15, -0.1) is 0 Å². The van der Waals surface area contributed by atoms with E-state index >= 15 is 0 Å². The number of aromatic nitrogens is 1. The largest absolute Gasteiger partial charge is 0.495 e. The second kappa shape index (κ2) is 6.70. The van der Waals surface area contributed by atoms with Gasteiger partial charge in [0.05, 0.1) is 30.1 Å². The summed E-state index contributed by atoms with van der Waals surface area (Å²) in [5.41, 5.74) is 10.5. The topological polar surface area (TPSA) is 104 Å². The molecule has 3 heterocycles. The van der Waals surface area contributed by atoms with Crippen LogP contribution in [-0.4, -0.2) is 18.0 Å². The van der Waals surface area contributed by atoms with Crippen molar-refractivity contribution in [1.29, 1.82) is 0 Å². The number of para-hydroxylation sites is 2. The number of fused-ring (bicyclic) bond motifs is 3. The molecule has 0 saturated heterocycles. The van der Waals surface area contributed by atoms with Crippen LogP contribution >= 0.6 is 0 Å². The number of nitrogens with one attached hydrogen (secondary N) is 1. The van der Waals surface area contributed by atoms with Crippen molar-refractivity contribution in [3.63, 3.8) is 0 Å². The molecule has 0 spiro atoms. The predicted octanol–water partition coefficient (Wildman–Crippen LogP) is 4.42. The number of nitrogens with two attached hydrogens (primary N) is 1. The first-order valence-corrected chi connectivity index (χ1v) is 9.39. The Morgan fingerprint density at radius 2 is 2.00 bits per heavy atom. The Morgan fingerprint density at radius 1 is 1.17 bits per heavy atom. The Labute approximate surface area is 166 Å². The Hall–Kier alpha value is -3.74. The molecule has 5 rings (SSSR count). The molecule has 146 valence electrons. The zero-order valence-electron chi connectivity index (χ0n) is 15.8. The fraction of sp³-hybridized carbons (Fsp3) is 0.182. The van der Waals surface area contributed by atoms with Crippen molar-refractivity contribution >= 4 is 28.4 Å². The van der Waals surface area contributed by atoms with Crippen LogP contribution < -0.4 is 15.8 Å². The van der Waals surface area contributed by atoms with Crippen molar-refractivity contribution in [2.24, 2.45) is 0 Å². The molecule has 0 aliphatic heterocycles. The minimum atomic E-state index is -0.448. The van der Waals surface area contributed by atoms with E-state index in [1.807, 2.05) is 24.3 Å². The summed E-state index contributed by atoms with van der Waals surface area (Å²) < 4.78 is 16.7. The van der Waals surface area contributed by atoms with Crippen LogP contribution in [-0.2, 0) is 12.8 Å². The van der Waals surface area contributed by atoms with Crippen LogP contribution in [0.4, 0.5) is 11.4 Å². The lowest BCUT2D eigenvalue weighted by molar-refractivity contribution is 0.0999. The minimum Gasteiger partial charge on any atom is -0.495 e. The average Bonchev–Trinajstić information content (AvgIpc) is 3.47. The smallest absolute Gasteiger partial charge is 0.293 e. The van der Waals surface area contributed by atoms with E-state index in [1.54, 1.807) is 25.5 Å². The van der Waals surface area contributed by atoms with Gasteiger partial charge in [-0.1, -0.05) is 12.1 Å². The normalized spacial score (nSPS) is 12.9. The van der Waals surface area contributed by atoms with E-state index < -0.39 is 5.91 Å². The van der Waals surface area contributed by atoms with Crippen LogP contribution in [0.1, 0.15) is 28.1 Å². The van der Waals surface area contributed by atoms with Crippen molar-refractivity contribution in [3.05, 3.63) is 59.5 Å². The highest BCUT2D eigenvalue weighted by atomic mass is 16.5. The number of nitrogen functional groups attached to an aromatic ring is 1. The summed E-state index contributed by atoms with van der Waals surface area (Å²) in [7, 11) is 1.55. The van der Waals surface area contributed by atoms with Crippen molar-refractivity contribution in [2.75, 3.05) is 18.2 Å². The number of methoxy groups -OCH3 is 1. The number of anilines is 2. The molecule has 0 bridgehead atoms.